The lowest BCUT2D eigenvalue weighted by molar-refractivity contribution is 0.0956. The molecule has 7 nitrogen and oxygen atoms in total. The van der Waals surface area contributed by atoms with Crippen molar-refractivity contribution in [3.05, 3.63) is 78.6 Å². The van der Waals surface area contributed by atoms with E-state index in [0.717, 1.165) is 5.69 Å². The van der Waals surface area contributed by atoms with Gasteiger partial charge in [0.2, 0.25) is 0 Å². The number of furan rings is 1. The number of nitrogens with zero attached hydrogens (tertiary/aromatic N) is 1. The first-order valence-electron chi connectivity index (χ1n) is 10.4. The van der Waals surface area contributed by atoms with Crippen LogP contribution in [0, 0.1) is 0 Å². The molecule has 0 bridgehead atoms. The van der Waals surface area contributed by atoms with Crippen molar-refractivity contribution in [1.82, 2.24) is 4.72 Å². The highest BCUT2D eigenvalue weighted by atomic mass is 32.2. The van der Waals surface area contributed by atoms with Gasteiger partial charge < -0.3 is 14.1 Å². The Bertz CT molecular complexity index is 1410. The fourth-order valence-electron chi connectivity index (χ4n) is 3.54. The number of rotatable bonds is 7. The minimum absolute atomic E-state index is 0.0976. The summed E-state index contributed by atoms with van der Waals surface area (Å²) in [6, 6.07) is 21.1. The highest BCUT2D eigenvalue weighted by Crippen LogP contribution is 2.35. The minimum atomic E-state index is -4.29. The van der Waals surface area contributed by atoms with E-state index < -0.39 is 15.9 Å². The standard InChI is InChI=1S/C25H24N2O5S/c1-4-31-21-12-8-11-20(17-9-6-5-7-10-17)24(21)33(29,30)26-25(28)23-15-18-13-14-19(27(2)3)16-22(18)32-23/h5-16H,4H2,1-3H3,(H,26,28). The lowest BCUT2D eigenvalue weighted by Gasteiger charge is -2.16. The second-order valence-corrected chi connectivity index (χ2v) is 9.21. The van der Waals surface area contributed by atoms with Crippen LogP contribution in [-0.4, -0.2) is 35.0 Å². The molecular formula is C25H24N2O5S. The van der Waals surface area contributed by atoms with Crippen LogP contribution < -0.4 is 14.4 Å². The van der Waals surface area contributed by atoms with Crippen molar-refractivity contribution >= 4 is 32.6 Å². The zero-order chi connectivity index (χ0) is 23.6. The van der Waals surface area contributed by atoms with E-state index in [0.29, 0.717) is 22.1 Å². The number of anilines is 1. The summed E-state index contributed by atoms with van der Waals surface area (Å²) in [5.41, 5.74) is 2.51. The van der Waals surface area contributed by atoms with Gasteiger partial charge in [0.1, 0.15) is 16.2 Å². The first-order valence-corrected chi connectivity index (χ1v) is 11.9. The average Bonchev–Trinajstić information content (AvgIpc) is 3.23. The topological polar surface area (TPSA) is 88.8 Å². The highest BCUT2D eigenvalue weighted by molar-refractivity contribution is 7.90. The number of ether oxygens (including phenoxy) is 1. The lowest BCUT2D eigenvalue weighted by atomic mass is 10.1. The third kappa shape index (κ3) is 4.56. The summed E-state index contributed by atoms with van der Waals surface area (Å²) < 4.78 is 40.2. The van der Waals surface area contributed by atoms with Crippen LogP contribution in [-0.2, 0) is 10.0 Å². The molecule has 0 unspecified atom stereocenters. The fraction of sp³-hybridized carbons (Fsp3) is 0.160. The second-order valence-electron chi connectivity index (χ2n) is 7.59. The van der Waals surface area contributed by atoms with Crippen molar-refractivity contribution in [1.29, 1.82) is 0 Å². The number of nitrogens with one attached hydrogen (secondary N) is 1. The van der Waals surface area contributed by atoms with Crippen LogP contribution in [0.1, 0.15) is 17.5 Å². The molecule has 0 aliphatic heterocycles. The van der Waals surface area contributed by atoms with Gasteiger partial charge in [0, 0.05) is 36.8 Å². The van der Waals surface area contributed by atoms with Gasteiger partial charge in [-0.15, -0.1) is 0 Å². The van der Waals surface area contributed by atoms with Gasteiger partial charge >= 0.3 is 5.91 Å². The molecule has 0 saturated heterocycles. The van der Waals surface area contributed by atoms with Crippen molar-refractivity contribution in [2.75, 3.05) is 25.6 Å². The Labute approximate surface area is 192 Å². The maximum Gasteiger partial charge on any atom is 0.300 e. The highest BCUT2D eigenvalue weighted by Gasteiger charge is 2.28. The van der Waals surface area contributed by atoms with Gasteiger partial charge in [-0.2, -0.15) is 0 Å². The monoisotopic (exact) mass is 464 g/mol. The molecule has 0 aliphatic carbocycles. The van der Waals surface area contributed by atoms with E-state index in [2.05, 4.69) is 4.72 Å². The Kier molecular flexibility index (Phi) is 6.11. The van der Waals surface area contributed by atoms with E-state index in [-0.39, 0.29) is 23.0 Å². The number of benzene rings is 3. The number of carbonyl (C=O) groups excluding carboxylic acids is 1. The third-order valence-corrected chi connectivity index (χ3v) is 6.52. The number of sulfonamides is 1. The van der Waals surface area contributed by atoms with Crippen molar-refractivity contribution in [2.24, 2.45) is 0 Å². The zero-order valence-corrected chi connectivity index (χ0v) is 19.3. The first kappa shape index (κ1) is 22.4. The van der Waals surface area contributed by atoms with Crippen LogP contribution in [0.2, 0.25) is 0 Å². The Morgan fingerprint density at radius 2 is 1.76 bits per heavy atom. The van der Waals surface area contributed by atoms with E-state index in [1.54, 1.807) is 43.3 Å². The van der Waals surface area contributed by atoms with Crippen molar-refractivity contribution in [2.45, 2.75) is 11.8 Å². The van der Waals surface area contributed by atoms with E-state index >= 15 is 0 Å². The first-order chi connectivity index (χ1) is 15.8. The SMILES string of the molecule is CCOc1cccc(-c2ccccc2)c1S(=O)(=O)NC(=O)c1cc2ccc(N(C)C)cc2o1. The molecule has 170 valence electrons. The summed E-state index contributed by atoms with van der Waals surface area (Å²) in [6.07, 6.45) is 0. The maximum absolute atomic E-state index is 13.4. The molecule has 0 fully saturated rings. The molecule has 8 heteroatoms. The van der Waals surface area contributed by atoms with Crippen molar-refractivity contribution < 1.29 is 22.4 Å². The van der Waals surface area contributed by atoms with Gasteiger partial charge in [0.05, 0.1) is 6.61 Å². The summed E-state index contributed by atoms with van der Waals surface area (Å²) in [5.74, 6) is -0.790. The normalized spacial score (nSPS) is 11.4. The number of amides is 1. The molecule has 33 heavy (non-hydrogen) atoms. The van der Waals surface area contributed by atoms with Gasteiger partial charge in [0.15, 0.2) is 5.76 Å². The van der Waals surface area contributed by atoms with Gasteiger partial charge in [-0.1, -0.05) is 42.5 Å². The maximum atomic E-state index is 13.4. The lowest BCUT2D eigenvalue weighted by Crippen LogP contribution is -2.31. The van der Waals surface area contributed by atoms with Gasteiger partial charge in [-0.25, -0.2) is 13.1 Å². The molecule has 0 saturated carbocycles. The number of fused-ring (bicyclic) bond motifs is 1. The van der Waals surface area contributed by atoms with Crippen LogP contribution in [0.15, 0.2) is 82.1 Å². The van der Waals surface area contributed by atoms with Crippen molar-refractivity contribution in [3.8, 4) is 16.9 Å². The van der Waals surface area contributed by atoms with Crippen LogP contribution in [0.5, 0.6) is 5.75 Å². The quantitative estimate of drug-likeness (QED) is 0.427. The molecule has 0 atom stereocenters. The minimum Gasteiger partial charge on any atom is -0.492 e. The third-order valence-electron chi connectivity index (χ3n) is 5.10. The molecule has 0 aliphatic rings. The molecule has 1 N–H and O–H groups in total. The molecule has 1 aromatic heterocycles. The van der Waals surface area contributed by atoms with Crippen molar-refractivity contribution in [3.63, 3.8) is 0 Å². The summed E-state index contributed by atoms with van der Waals surface area (Å²) >= 11 is 0. The predicted octanol–water partition coefficient (Wildman–Crippen LogP) is 4.68. The molecule has 0 spiro atoms. The molecule has 1 amide bonds. The van der Waals surface area contributed by atoms with Gasteiger partial charge in [-0.05, 0) is 36.8 Å². The van der Waals surface area contributed by atoms with Crippen LogP contribution >= 0.6 is 0 Å². The second kappa shape index (κ2) is 8.99. The van der Waals surface area contributed by atoms with E-state index in [1.807, 2.05) is 49.3 Å². The molecular weight excluding hydrogens is 440 g/mol. The molecule has 3 aromatic carbocycles. The van der Waals surface area contributed by atoms with Crippen LogP contribution in [0.3, 0.4) is 0 Å². The van der Waals surface area contributed by atoms with E-state index in [1.165, 1.54) is 6.07 Å². The Hall–Kier alpha value is -3.78. The van der Waals surface area contributed by atoms with E-state index in [9.17, 15) is 13.2 Å². The summed E-state index contributed by atoms with van der Waals surface area (Å²) in [4.78, 5) is 14.7. The molecule has 0 radical (unpaired) electrons. The summed E-state index contributed by atoms with van der Waals surface area (Å²) in [6.45, 7) is 2.03. The molecule has 4 aromatic rings. The fourth-order valence-corrected chi connectivity index (χ4v) is 4.85. The number of hydrogen-bond acceptors (Lipinski definition) is 6. The largest absolute Gasteiger partial charge is 0.492 e. The summed E-state index contributed by atoms with van der Waals surface area (Å²) in [7, 11) is -0.505. The predicted molar refractivity (Wildman–Crippen MR) is 128 cm³/mol. The van der Waals surface area contributed by atoms with Gasteiger partial charge in [0.25, 0.3) is 10.0 Å². The van der Waals surface area contributed by atoms with Gasteiger partial charge in [-0.3, -0.25) is 4.79 Å². The molecule has 4 rings (SSSR count). The average molecular weight is 465 g/mol. The number of hydrogen-bond donors (Lipinski definition) is 1. The Morgan fingerprint density at radius 1 is 1.00 bits per heavy atom. The Balaban J connectivity index is 1.73. The summed E-state index contributed by atoms with van der Waals surface area (Å²) in [5, 5.41) is 0.697. The zero-order valence-electron chi connectivity index (χ0n) is 18.5. The van der Waals surface area contributed by atoms with E-state index in [4.69, 9.17) is 9.15 Å². The molecule has 1 heterocycles. The van der Waals surface area contributed by atoms with Crippen LogP contribution in [0.25, 0.3) is 22.1 Å². The smallest absolute Gasteiger partial charge is 0.300 e. The Morgan fingerprint density at radius 3 is 2.45 bits per heavy atom. The number of carbonyl (C=O) groups is 1. The van der Waals surface area contributed by atoms with Crippen LogP contribution in [0.4, 0.5) is 5.69 Å².